The van der Waals surface area contributed by atoms with Gasteiger partial charge in [0.25, 0.3) is 10.0 Å². The second-order valence-corrected chi connectivity index (χ2v) is 9.39. The van der Waals surface area contributed by atoms with Crippen molar-refractivity contribution in [1.82, 2.24) is 5.32 Å². The molecule has 3 aromatic rings. The van der Waals surface area contributed by atoms with E-state index in [0.717, 1.165) is 15.6 Å². The van der Waals surface area contributed by atoms with E-state index >= 15 is 0 Å². The minimum atomic E-state index is -3.98. The predicted molar refractivity (Wildman–Crippen MR) is 127 cm³/mol. The number of amides is 1. The zero-order chi connectivity index (χ0) is 23.1. The van der Waals surface area contributed by atoms with Crippen LogP contribution in [0.5, 0.6) is 5.75 Å². The summed E-state index contributed by atoms with van der Waals surface area (Å²) < 4.78 is 33.2. The van der Waals surface area contributed by atoms with Crippen LogP contribution in [0.2, 0.25) is 5.02 Å². The van der Waals surface area contributed by atoms with Crippen molar-refractivity contribution >= 4 is 33.2 Å². The molecule has 0 fully saturated rings. The van der Waals surface area contributed by atoms with Gasteiger partial charge in [-0.25, -0.2) is 8.42 Å². The quantitative estimate of drug-likeness (QED) is 0.484. The lowest BCUT2D eigenvalue weighted by Gasteiger charge is -2.25. The highest BCUT2D eigenvalue weighted by Crippen LogP contribution is 2.25. The molecule has 0 aliphatic heterocycles. The molecular formula is C24H25ClN2O4S. The van der Waals surface area contributed by atoms with Crippen molar-refractivity contribution in [2.75, 3.05) is 17.5 Å². The summed E-state index contributed by atoms with van der Waals surface area (Å²) >= 11 is 5.91. The van der Waals surface area contributed by atoms with Crippen molar-refractivity contribution in [2.24, 2.45) is 0 Å². The maximum Gasteiger partial charge on any atom is 0.264 e. The molecule has 32 heavy (non-hydrogen) atoms. The highest BCUT2D eigenvalue weighted by atomic mass is 35.5. The number of anilines is 1. The number of hydrogen-bond donors (Lipinski definition) is 1. The highest BCUT2D eigenvalue weighted by Gasteiger charge is 2.27. The van der Waals surface area contributed by atoms with Gasteiger partial charge in [0.15, 0.2) is 0 Å². The van der Waals surface area contributed by atoms with Gasteiger partial charge in [0.2, 0.25) is 5.91 Å². The maximum atomic E-state index is 13.3. The monoisotopic (exact) mass is 472 g/mol. The van der Waals surface area contributed by atoms with Crippen LogP contribution in [-0.2, 0) is 14.8 Å². The SMILES string of the molecule is CCOc1ccc([C@H](C)NC(=O)CN(c2ccccc2)S(=O)(=O)c2ccc(Cl)cc2)cc1. The second-order valence-electron chi connectivity index (χ2n) is 7.09. The van der Waals surface area contributed by atoms with Gasteiger partial charge >= 0.3 is 0 Å². The van der Waals surface area contributed by atoms with Gasteiger partial charge in [0, 0.05) is 5.02 Å². The summed E-state index contributed by atoms with van der Waals surface area (Å²) in [5.74, 6) is 0.326. The Morgan fingerprint density at radius 2 is 1.62 bits per heavy atom. The third-order valence-electron chi connectivity index (χ3n) is 4.80. The summed E-state index contributed by atoms with van der Waals surface area (Å²) in [5.41, 5.74) is 1.28. The van der Waals surface area contributed by atoms with Crippen molar-refractivity contribution in [1.29, 1.82) is 0 Å². The van der Waals surface area contributed by atoms with Gasteiger partial charge in [-0.05, 0) is 67.9 Å². The number of nitrogens with one attached hydrogen (secondary N) is 1. The molecule has 0 heterocycles. The number of ether oxygens (including phenoxy) is 1. The molecule has 0 unspecified atom stereocenters. The number of carbonyl (C=O) groups is 1. The van der Waals surface area contributed by atoms with Gasteiger partial charge in [-0.15, -0.1) is 0 Å². The predicted octanol–water partition coefficient (Wildman–Crippen LogP) is 4.81. The molecule has 0 bridgehead atoms. The molecule has 0 spiro atoms. The fourth-order valence-electron chi connectivity index (χ4n) is 3.16. The highest BCUT2D eigenvalue weighted by molar-refractivity contribution is 7.92. The summed E-state index contributed by atoms with van der Waals surface area (Å²) in [6.07, 6.45) is 0. The van der Waals surface area contributed by atoms with Crippen molar-refractivity contribution in [2.45, 2.75) is 24.8 Å². The lowest BCUT2D eigenvalue weighted by atomic mass is 10.1. The summed E-state index contributed by atoms with van der Waals surface area (Å²) in [4.78, 5) is 12.9. The number of sulfonamides is 1. The second kappa shape index (κ2) is 10.5. The van der Waals surface area contributed by atoms with Gasteiger partial charge in [0.1, 0.15) is 12.3 Å². The van der Waals surface area contributed by atoms with E-state index in [1.807, 2.05) is 38.1 Å². The summed E-state index contributed by atoms with van der Waals surface area (Å²) in [5, 5.41) is 3.30. The van der Waals surface area contributed by atoms with Crippen LogP contribution < -0.4 is 14.4 Å². The molecule has 0 aliphatic carbocycles. The van der Waals surface area contributed by atoms with E-state index in [0.29, 0.717) is 17.3 Å². The smallest absolute Gasteiger partial charge is 0.264 e. The van der Waals surface area contributed by atoms with Crippen LogP contribution in [0.15, 0.2) is 83.8 Å². The number of carbonyl (C=O) groups excluding carboxylic acids is 1. The molecule has 1 amide bonds. The Labute approximate surface area is 193 Å². The summed E-state index contributed by atoms with van der Waals surface area (Å²) in [7, 11) is -3.98. The van der Waals surface area contributed by atoms with Crippen molar-refractivity contribution in [3.05, 3.63) is 89.4 Å². The molecule has 6 nitrogen and oxygen atoms in total. The first-order chi connectivity index (χ1) is 15.3. The van der Waals surface area contributed by atoms with Crippen LogP contribution in [-0.4, -0.2) is 27.5 Å². The first kappa shape index (κ1) is 23.6. The molecule has 1 atom stereocenters. The fourth-order valence-corrected chi connectivity index (χ4v) is 4.71. The minimum absolute atomic E-state index is 0.0538. The van der Waals surface area contributed by atoms with E-state index in [1.165, 1.54) is 24.3 Å². The molecule has 0 saturated heterocycles. The van der Waals surface area contributed by atoms with Gasteiger partial charge in [0.05, 0.1) is 23.2 Å². The van der Waals surface area contributed by atoms with Gasteiger partial charge < -0.3 is 10.1 Å². The van der Waals surface area contributed by atoms with E-state index < -0.39 is 15.9 Å². The van der Waals surface area contributed by atoms with Crippen molar-refractivity contribution in [3.8, 4) is 5.75 Å². The van der Waals surface area contributed by atoms with Crippen LogP contribution in [0.25, 0.3) is 0 Å². The van der Waals surface area contributed by atoms with Crippen LogP contribution in [0, 0.1) is 0 Å². The molecule has 1 N–H and O–H groups in total. The Hall–Kier alpha value is -3.03. The van der Waals surface area contributed by atoms with E-state index in [9.17, 15) is 13.2 Å². The Kier molecular flexibility index (Phi) is 7.77. The zero-order valence-electron chi connectivity index (χ0n) is 17.9. The van der Waals surface area contributed by atoms with Gasteiger partial charge in [-0.2, -0.15) is 0 Å². The number of nitrogens with zero attached hydrogens (tertiary/aromatic N) is 1. The summed E-state index contributed by atoms with van der Waals surface area (Å²) in [6.45, 7) is 3.96. The van der Waals surface area contributed by atoms with Crippen LogP contribution in [0.4, 0.5) is 5.69 Å². The third kappa shape index (κ3) is 5.81. The summed E-state index contributed by atoms with van der Waals surface area (Å²) in [6, 6.07) is 21.5. The lowest BCUT2D eigenvalue weighted by molar-refractivity contribution is -0.120. The van der Waals surface area contributed by atoms with Gasteiger partial charge in [-0.3, -0.25) is 9.10 Å². The maximum absolute atomic E-state index is 13.3. The number of halogens is 1. The molecular weight excluding hydrogens is 448 g/mol. The van der Waals surface area contributed by atoms with E-state index in [2.05, 4.69) is 5.32 Å². The molecule has 0 radical (unpaired) electrons. The fraction of sp³-hybridized carbons (Fsp3) is 0.208. The minimum Gasteiger partial charge on any atom is -0.494 e. The Bertz CT molecular complexity index is 1130. The molecule has 0 aliphatic rings. The lowest BCUT2D eigenvalue weighted by Crippen LogP contribution is -2.41. The zero-order valence-corrected chi connectivity index (χ0v) is 19.4. The molecule has 0 saturated carbocycles. The van der Waals surface area contributed by atoms with Crippen LogP contribution in [0.1, 0.15) is 25.5 Å². The molecule has 3 rings (SSSR count). The number of benzene rings is 3. The Morgan fingerprint density at radius 1 is 1.00 bits per heavy atom. The standard InChI is InChI=1S/C24H25ClN2O4S/c1-3-31-22-13-9-19(10-14-22)18(2)26-24(28)17-27(21-7-5-4-6-8-21)32(29,30)23-15-11-20(25)12-16-23/h4-16,18H,3,17H2,1-2H3,(H,26,28)/t18-/m0/s1. The number of rotatable bonds is 9. The topological polar surface area (TPSA) is 75.7 Å². The number of para-hydroxylation sites is 1. The normalized spacial score (nSPS) is 12.1. The average molecular weight is 473 g/mol. The molecule has 0 aromatic heterocycles. The molecule has 8 heteroatoms. The first-order valence-corrected chi connectivity index (χ1v) is 12.0. The van der Waals surface area contributed by atoms with Crippen molar-refractivity contribution in [3.63, 3.8) is 0 Å². The van der Waals surface area contributed by atoms with Crippen LogP contribution >= 0.6 is 11.6 Å². The Morgan fingerprint density at radius 3 is 2.22 bits per heavy atom. The molecule has 3 aromatic carbocycles. The average Bonchev–Trinajstić information content (AvgIpc) is 2.79. The number of hydrogen-bond acceptors (Lipinski definition) is 4. The molecule has 168 valence electrons. The van der Waals surface area contributed by atoms with E-state index in [4.69, 9.17) is 16.3 Å². The van der Waals surface area contributed by atoms with E-state index in [1.54, 1.807) is 30.3 Å². The van der Waals surface area contributed by atoms with Gasteiger partial charge in [-0.1, -0.05) is 41.9 Å². The largest absolute Gasteiger partial charge is 0.494 e. The third-order valence-corrected chi connectivity index (χ3v) is 6.84. The Balaban J connectivity index is 1.80. The van der Waals surface area contributed by atoms with E-state index in [-0.39, 0.29) is 17.5 Å². The first-order valence-electron chi connectivity index (χ1n) is 10.2. The van der Waals surface area contributed by atoms with Crippen molar-refractivity contribution < 1.29 is 17.9 Å². The van der Waals surface area contributed by atoms with Crippen LogP contribution in [0.3, 0.4) is 0 Å².